The Labute approximate surface area is 111 Å². The lowest BCUT2D eigenvalue weighted by Crippen LogP contribution is -1.94. The molecule has 3 nitrogen and oxygen atoms in total. The van der Waals surface area contributed by atoms with Gasteiger partial charge in [-0.1, -0.05) is 30.3 Å². The molecule has 0 radical (unpaired) electrons. The van der Waals surface area contributed by atoms with Gasteiger partial charge in [-0.2, -0.15) is 0 Å². The fourth-order valence-electron chi connectivity index (χ4n) is 2.13. The fourth-order valence-corrected chi connectivity index (χ4v) is 2.13. The van der Waals surface area contributed by atoms with Crippen molar-refractivity contribution in [1.82, 2.24) is 4.98 Å². The predicted molar refractivity (Wildman–Crippen MR) is 78.1 cm³/mol. The largest absolute Gasteiger partial charge is 0.497 e. The molecule has 0 unspecified atom stereocenters. The van der Waals surface area contributed by atoms with Gasteiger partial charge in [0.15, 0.2) is 0 Å². The molecule has 0 fully saturated rings. The summed E-state index contributed by atoms with van der Waals surface area (Å²) in [5.74, 6) is 0.807. The van der Waals surface area contributed by atoms with Crippen molar-refractivity contribution >= 4 is 16.6 Å². The molecule has 3 aromatic rings. The van der Waals surface area contributed by atoms with Crippen LogP contribution in [0.3, 0.4) is 0 Å². The molecule has 2 N–H and O–H groups in total. The maximum absolute atomic E-state index is 6.11. The second-order valence-corrected chi connectivity index (χ2v) is 4.35. The molecule has 3 heteroatoms. The highest BCUT2D eigenvalue weighted by Crippen LogP contribution is 2.28. The van der Waals surface area contributed by atoms with Crippen LogP contribution in [0.2, 0.25) is 0 Å². The number of pyridine rings is 1. The molecule has 0 spiro atoms. The normalized spacial score (nSPS) is 10.6. The SMILES string of the molecule is COc1ccc2nc(-c3ccccc3)c(N)cc2c1. The smallest absolute Gasteiger partial charge is 0.119 e. The van der Waals surface area contributed by atoms with E-state index in [4.69, 9.17) is 10.5 Å². The molecule has 0 aliphatic heterocycles. The molecular formula is C16H14N2O. The summed E-state index contributed by atoms with van der Waals surface area (Å²) in [5, 5.41) is 0.983. The second kappa shape index (κ2) is 4.61. The Hall–Kier alpha value is -2.55. The van der Waals surface area contributed by atoms with Crippen LogP contribution >= 0.6 is 0 Å². The molecule has 0 saturated heterocycles. The van der Waals surface area contributed by atoms with Crippen LogP contribution in [0.5, 0.6) is 5.75 Å². The minimum Gasteiger partial charge on any atom is -0.497 e. The van der Waals surface area contributed by atoms with Crippen molar-refractivity contribution in [3.05, 3.63) is 54.6 Å². The van der Waals surface area contributed by atoms with Crippen LogP contribution in [0.4, 0.5) is 5.69 Å². The summed E-state index contributed by atoms with van der Waals surface area (Å²) < 4.78 is 5.21. The van der Waals surface area contributed by atoms with Crippen molar-refractivity contribution in [1.29, 1.82) is 0 Å². The highest BCUT2D eigenvalue weighted by atomic mass is 16.5. The number of aromatic nitrogens is 1. The maximum atomic E-state index is 6.11. The number of methoxy groups -OCH3 is 1. The van der Waals surface area contributed by atoms with Crippen molar-refractivity contribution in [3.8, 4) is 17.0 Å². The van der Waals surface area contributed by atoms with E-state index >= 15 is 0 Å². The third-order valence-electron chi connectivity index (χ3n) is 3.10. The van der Waals surface area contributed by atoms with E-state index in [1.807, 2.05) is 54.6 Å². The monoisotopic (exact) mass is 250 g/mol. The van der Waals surface area contributed by atoms with Gasteiger partial charge in [0.1, 0.15) is 5.75 Å². The third kappa shape index (κ3) is 2.10. The molecule has 19 heavy (non-hydrogen) atoms. The van der Waals surface area contributed by atoms with Gasteiger partial charge in [-0.25, -0.2) is 4.98 Å². The van der Waals surface area contributed by atoms with Crippen molar-refractivity contribution in [2.24, 2.45) is 0 Å². The average molecular weight is 250 g/mol. The molecule has 3 rings (SSSR count). The van der Waals surface area contributed by atoms with Crippen LogP contribution in [0.25, 0.3) is 22.2 Å². The molecule has 1 aromatic heterocycles. The van der Waals surface area contributed by atoms with E-state index in [0.29, 0.717) is 5.69 Å². The molecule has 0 saturated carbocycles. The molecule has 0 atom stereocenters. The number of rotatable bonds is 2. The van der Waals surface area contributed by atoms with Crippen LogP contribution in [0.1, 0.15) is 0 Å². The zero-order valence-corrected chi connectivity index (χ0v) is 10.6. The first-order valence-corrected chi connectivity index (χ1v) is 6.07. The summed E-state index contributed by atoms with van der Waals surface area (Å²) in [6.07, 6.45) is 0. The van der Waals surface area contributed by atoms with E-state index < -0.39 is 0 Å². The highest BCUT2D eigenvalue weighted by Gasteiger charge is 2.07. The molecule has 0 aliphatic carbocycles. The standard InChI is InChI=1S/C16H14N2O/c1-19-13-7-8-15-12(9-13)10-14(17)16(18-15)11-5-3-2-4-6-11/h2-10H,17H2,1H3. The molecule has 1 heterocycles. The first-order chi connectivity index (χ1) is 9.28. The van der Waals surface area contributed by atoms with Crippen molar-refractivity contribution in [2.75, 3.05) is 12.8 Å². The first kappa shape index (κ1) is 11.5. The number of anilines is 1. The van der Waals surface area contributed by atoms with E-state index in [0.717, 1.165) is 27.9 Å². The van der Waals surface area contributed by atoms with Crippen LogP contribution in [-0.2, 0) is 0 Å². The predicted octanol–water partition coefficient (Wildman–Crippen LogP) is 3.49. The topological polar surface area (TPSA) is 48.1 Å². The molecular weight excluding hydrogens is 236 g/mol. The molecule has 0 amide bonds. The average Bonchev–Trinajstić information content (AvgIpc) is 2.47. The Morgan fingerprint density at radius 3 is 2.53 bits per heavy atom. The zero-order chi connectivity index (χ0) is 13.2. The quantitative estimate of drug-likeness (QED) is 0.757. The van der Waals surface area contributed by atoms with Gasteiger partial charge in [0.2, 0.25) is 0 Å². The Morgan fingerprint density at radius 1 is 1.00 bits per heavy atom. The number of nitrogens with two attached hydrogens (primary N) is 1. The summed E-state index contributed by atoms with van der Waals surface area (Å²) in [4.78, 5) is 4.64. The number of ether oxygens (including phenoxy) is 1. The van der Waals surface area contributed by atoms with Crippen LogP contribution < -0.4 is 10.5 Å². The zero-order valence-electron chi connectivity index (χ0n) is 10.6. The molecule has 94 valence electrons. The van der Waals surface area contributed by atoms with Crippen LogP contribution in [0, 0.1) is 0 Å². The summed E-state index contributed by atoms with van der Waals surface area (Å²) in [6.45, 7) is 0. The van der Waals surface area contributed by atoms with Gasteiger partial charge >= 0.3 is 0 Å². The molecule has 0 bridgehead atoms. The second-order valence-electron chi connectivity index (χ2n) is 4.35. The lowest BCUT2D eigenvalue weighted by Gasteiger charge is -2.08. The van der Waals surface area contributed by atoms with Crippen molar-refractivity contribution < 1.29 is 4.74 Å². The Balaban J connectivity index is 2.20. The van der Waals surface area contributed by atoms with E-state index in [9.17, 15) is 0 Å². The number of fused-ring (bicyclic) bond motifs is 1. The number of hydrogen-bond donors (Lipinski definition) is 1. The van der Waals surface area contributed by atoms with Gasteiger partial charge < -0.3 is 10.5 Å². The minimum atomic E-state index is 0.673. The van der Waals surface area contributed by atoms with Gasteiger partial charge in [0.25, 0.3) is 0 Å². The Kier molecular flexibility index (Phi) is 2.80. The molecule has 2 aromatic carbocycles. The minimum absolute atomic E-state index is 0.673. The lowest BCUT2D eigenvalue weighted by atomic mass is 10.1. The number of hydrogen-bond acceptors (Lipinski definition) is 3. The van der Waals surface area contributed by atoms with E-state index in [-0.39, 0.29) is 0 Å². The number of nitrogen functional groups attached to an aromatic ring is 1. The first-order valence-electron chi connectivity index (χ1n) is 6.07. The fraction of sp³-hybridized carbons (Fsp3) is 0.0625. The van der Waals surface area contributed by atoms with Gasteiger partial charge in [-0.3, -0.25) is 0 Å². The van der Waals surface area contributed by atoms with Crippen molar-refractivity contribution in [2.45, 2.75) is 0 Å². The van der Waals surface area contributed by atoms with Crippen molar-refractivity contribution in [3.63, 3.8) is 0 Å². The summed E-state index contributed by atoms with van der Waals surface area (Å²) in [5.41, 5.74) is 9.53. The molecule has 0 aliphatic rings. The number of nitrogens with zero attached hydrogens (tertiary/aromatic N) is 1. The van der Waals surface area contributed by atoms with Gasteiger partial charge in [-0.05, 0) is 24.3 Å². The number of benzene rings is 2. The third-order valence-corrected chi connectivity index (χ3v) is 3.10. The van der Waals surface area contributed by atoms with Crippen LogP contribution in [-0.4, -0.2) is 12.1 Å². The summed E-state index contributed by atoms with van der Waals surface area (Å²) >= 11 is 0. The highest BCUT2D eigenvalue weighted by molar-refractivity contribution is 5.88. The summed E-state index contributed by atoms with van der Waals surface area (Å²) in [7, 11) is 1.65. The van der Waals surface area contributed by atoms with Gasteiger partial charge in [-0.15, -0.1) is 0 Å². The Morgan fingerprint density at radius 2 is 1.79 bits per heavy atom. The van der Waals surface area contributed by atoms with Gasteiger partial charge in [0, 0.05) is 10.9 Å². The maximum Gasteiger partial charge on any atom is 0.119 e. The lowest BCUT2D eigenvalue weighted by molar-refractivity contribution is 0.415. The van der Waals surface area contributed by atoms with E-state index in [1.165, 1.54) is 0 Å². The van der Waals surface area contributed by atoms with Gasteiger partial charge in [0.05, 0.1) is 24.0 Å². The van der Waals surface area contributed by atoms with Crippen LogP contribution in [0.15, 0.2) is 54.6 Å². The van der Waals surface area contributed by atoms with E-state index in [1.54, 1.807) is 7.11 Å². The Bertz CT molecular complexity index is 723. The van der Waals surface area contributed by atoms with E-state index in [2.05, 4.69) is 4.98 Å². The summed E-state index contributed by atoms with van der Waals surface area (Å²) in [6, 6.07) is 17.7.